The van der Waals surface area contributed by atoms with E-state index < -0.39 is 11.9 Å². The van der Waals surface area contributed by atoms with E-state index in [0.29, 0.717) is 29.9 Å². The van der Waals surface area contributed by atoms with Crippen molar-refractivity contribution in [3.8, 4) is 5.75 Å². The molecule has 166 valence electrons. The van der Waals surface area contributed by atoms with E-state index in [1.165, 1.54) is 0 Å². The molecule has 0 amide bonds. The molecule has 0 radical (unpaired) electrons. The average molecular weight is 432 g/mol. The maximum Gasteiger partial charge on any atom is 0.337 e. The fraction of sp³-hybridized carbons (Fsp3) is 0.333. The van der Waals surface area contributed by atoms with Gasteiger partial charge in [0.2, 0.25) is 0 Å². The number of para-hydroxylation sites is 1. The molecule has 1 N–H and O–H groups in total. The minimum atomic E-state index is -0.504. The Morgan fingerprint density at radius 3 is 2.59 bits per heavy atom. The molecule has 0 bridgehead atoms. The van der Waals surface area contributed by atoms with E-state index in [4.69, 9.17) is 9.47 Å². The Hall–Kier alpha value is -3.34. The summed E-state index contributed by atoms with van der Waals surface area (Å²) in [6, 6.07) is 17.3. The molecule has 2 aliphatic rings. The lowest BCUT2D eigenvalue weighted by Crippen LogP contribution is -2.34. The number of nitrogens with one attached hydrogen (secondary N) is 1. The zero-order valence-corrected chi connectivity index (χ0v) is 18.6. The van der Waals surface area contributed by atoms with Crippen LogP contribution >= 0.6 is 0 Å². The van der Waals surface area contributed by atoms with E-state index in [-0.39, 0.29) is 12.4 Å². The summed E-state index contributed by atoms with van der Waals surface area (Å²) in [4.78, 5) is 26.5. The van der Waals surface area contributed by atoms with Crippen molar-refractivity contribution in [3.05, 3.63) is 88.3 Å². The molecular formula is C27H29NO4. The summed E-state index contributed by atoms with van der Waals surface area (Å²) in [6.07, 6.45) is 2.96. The first kappa shape index (κ1) is 21.9. The van der Waals surface area contributed by atoms with Crippen LogP contribution in [0.1, 0.15) is 56.6 Å². The molecule has 5 nitrogen and oxygen atoms in total. The highest BCUT2D eigenvalue weighted by Gasteiger charge is 2.40. The first-order valence-electron chi connectivity index (χ1n) is 11.3. The van der Waals surface area contributed by atoms with Crippen LogP contribution in [0, 0.1) is 0 Å². The fourth-order valence-electron chi connectivity index (χ4n) is 4.43. The molecule has 0 fully saturated rings. The number of Topliss-reactive ketones (excluding diaryl/α,β-unsaturated/α-hetero) is 1. The van der Waals surface area contributed by atoms with Crippen LogP contribution in [0.2, 0.25) is 0 Å². The summed E-state index contributed by atoms with van der Waals surface area (Å²) < 4.78 is 11.7. The molecule has 0 saturated carbocycles. The lowest BCUT2D eigenvalue weighted by Gasteiger charge is -2.34. The number of hydrogen-bond donors (Lipinski definition) is 1. The van der Waals surface area contributed by atoms with E-state index in [1.807, 2.05) is 61.5 Å². The Bertz CT molecular complexity index is 1070. The highest BCUT2D eigenvalue weighted by Crippen LogP contribution is 2.45. The van der Waals surface area contributed by atoms with Gasteiger partial charge in [-0.3, -0.25) is 4.79 Å². The zero-order chi connectivity index (χ0) is 22.5. The van der Waals surface area contributed by atoms with Gasteiger partial charge in [0.15, 0.2) is 5.78 Å². The second-order valence-electron chi connectivity index (χ2n) is 8.21. The van der Waals surface area contributed by atoms with E-state index in [9.17, 15) is 9.59 Å². The van der Waals surface area contributed by atoms with Gasteiger partial charge < -0.3 is 14.8 Å². The molecule has 0 unspecified atom stereocenters. The van der Waals surface area contributed by atoms with E-state index >= 15 is 0 Å². The van der Waals surface area contributed by atoms with Gasteiger partial charge >= 0.3 is 5.97 Å². The van der Waals surface area contributed by atoms with Crippen LogP contribution in [0.4, 0.5) is 0 Å². The molecule has 1 heterocycles. The quantitative estimate of drug-likeness (QED) is 0.612. The average Bonchev–Trinajstić information content (AvgIpc) is 2.81. The number of allylic oxidation sites excluding steroid dienone is 3. The molecule has 2 aromatic carbocycles. The molecule has 0 spiro atoms. The second kappa shape index (κ2) is 9.86. The molecule has 1 aliphatic heterocycles. The Morgan fingerprint density at radius 2 is 1.81 bits per heavy atom. The van der Waals surface area contributed by atoms with Crippen molar-refractivity contribution in [3.63, 3.8) is 0 Å². The van der Waals surface area contributed by atoms with E-state index in [0.717, 1.165) is 41.8 Å². The fourth-order valence-corrected chi connectivity index (χ4v) is 4.43. The van der Waals surface area contributed by atoms with Gasteiger partial charge in [-0.05, 0) is 37.8 Å². The largest absolute Gasteiger partial charge is 0.493 e. The second-order valence-corrected chi connectivity index (χ2v) is 8.21. The minimum absolute atomic E-state index is 0.0786. The van der Waals surface area contributed by atoms with Crippen molar-refractivity contribution < 1.29 is 19.1 Å². The zero-order valence-electron chi connectivity index (χ0n) is 18.6. The molecule has 1 aliphatic carbocycles. The van der Waals surface area contributed by atoms with Gasteiger partial charge in [-0.1, -0.05) is 55.5 Å². The number of rotatable bonds is 7. The number of benzene rings is 2. The van der Waals surface area contributed by atoms with Gasteiger partial charge in [-0.15, -0.1) is 0 Å². The van der Waals surface area contributed by atoms with Crippen LogP contribution in [-0.2, 0) is 20.9 Å². The summed E-state index contributed by atoms with van der Waals surface area (Å²) >= 11 is 0. The molecular weight excluding hydrogens is 402 g/mol. The van der Waals surface area contributed by atoms with Crippen LogP contribution in [0.15, 0.2) is 77.1 Å². The highest BCUT2D eigenvalue weighted by atomic mass is 16.5. The van der Waals surface area contributed by atoms with Crippen molar-refractivity contribution in [2.24, 2.45) is 0 Å². The molecule has 32 heavy (non-hydrogen) atoms. The van der Waals surface area contributed by atoms with Crippen LogP contribution in [0.3, 0.4) is 0 Å². The molecule has 2 aromatic rings. The lowest BCUT2D eigenvalue weighted by molar-refractivity contribution is -0.140. The third-order valence-electron chi connectivity index (χ3n) is 5.90. The highest BCUT2D eigenvalue weighted by molar-refractivity contribution is 6.04. The van der Waals surface area contributed by atoms with Crippen molar-refractivity contribution in [2.75, 3.05) is 6.61 Å². The standard InChI is InChI=1S/C27H29NO4/c1-3-16-31-23-15-8-7-12-20(23)25-24(27(30)32-17-19-10-5-4-6-11-19)18(2)28-21-13-9-14-22(29)26(21)25/h4-8,10-12,15,25,28H,3,9,13-14,16-17H2,1-2H3/t25-/m1/s1. The van der Waals surface area contributed by atoms with Gasteiger partial charge in [0.1, 0.15) is 12.4 Å². The maximum absolute atomic E-state index is 13.4. The summed E-state index contributed by atoms with van der Waals surface area (Å²) in [5.74, 6) is -0.142. The Morgan fingerprint density at radius 1 is 1.06 bits per heavy atom. The Balaban J connectivity index is 1.74. The van der Waals surface area contributed by atoms with Crippen LogP contribution in [0.5, 0.6) is 5.75 Å². The summed E-state index contributed by atoms with van der Waals surface area (Å²) in [7, 11) is 0. The number of carbonyl (C=O) groups excluding carboxylic acids is 2. The number of esters is 1. The monoisotopic (exact) mass is 431 g/mol. The summed E-state index contributed by atoms with van der Waals surface area (Å²) in [5.41, 5.74) is 4.53. The Labute approximate surface area is 189 Å². The SMILES string of the molecule is CCCOc1ccccc1[C@@H]1C(C(=O)OCc2ccccc2)=C(C)NC2=C1C(=O)CCC2. The molecule has 0 saturated heterocycles. The van der Waals surface area contributed by atoms with Gasteiger partial charge in [0, 0.05) is 29.0 Å². The third kappa shape index (κ3) is 4.47. The molecule has 5 heteroatoms. The minimum Gasteiger partial charge on any atom is -0.493 e. The van der Waals surface area contributed by atoms with Gasteiger partial charge in [-0.25, -0.2) is 4.79 Å². The molecule has 4 rings (SSSR count). The predicted octanol–water partition coefficient (Wildman–Crippen LogP) is 5.19. The van der Waals surface area contributed by atoms with Crippen LogP contribution in [-0.4, -0.2) is 18.4 Å². The topological polar surface area (TPSA) is 64.6 Å². The number of dihydropyridines is 1. The van der Waals surface area contributed by atoms with Crippen molar-refractivity contribution in [2.45, 2.75) is 52.1 Å². The maximum atomic E-state index is 13.4. The van der Waals surface area contributed by atoms with Gasteiger partial charge in [0.05, 0.1) is 18.1 Å². The van der Waals surface area contributed by atoms with Crippen molar-refractivity contribution in [1.29, 1.82) is 0 Å². The van der Waals surface area contributed by atoms with Gasteiger partial charge in [0.25, 0.3) is 0 Å². The van der Waals surface area contributed by atoms with E-state index in [2.05, 4.69) is 12.2 Å². The van der Waals surface area contributed by atoms with E-state index in [1.54, 1.807) is 0 Å². The van der Waals surface area contributed by atoms with Crippen LogP contribution < -0.4 is 10.1 Å². The number of ether oxygens (including phenoxy) is 2. The van der Waals surface area contributed by atoms with Crippen molar-refractivity contribution >= 4 is 11.8 Å². The Kier molecular flexibility index (Phi) is 6.74. The molecule has 0 aromatic heterocycles. The lowest BCUT2D eigenvalue weighted by atomic mass is 9.75. The van der Waals surface area contributed by atoms with Crippen molar-refractivity contribution in [1.82, 2.24) is 5.32 Å². The summed E-state index contributed by atoms with van der Waals surface area (Å²) in [5, 5.41) is 3.34. The first-order chi connectivity index (χ1) is 15.6. The first-order valence-corrected chi connectivity index (χ1v) is 11.3. The van der Waals surface area contributed by atoms with Crippen LogP contribution in [0.25, 0.3) is 0 Å². The number of carbonyl (C=O) groups is 2. The normalized spacial score (nSPS) is 18.2. The molecule has 1 atom stereocenters. The number of hydrogen-bond acceptors (Lipinski definition) is 5. The predicted molar refractivity (Wildman–Crippen MR) is 123 cm³/mol. The smallest absolute Gasteiger partial charge is 0.337 e. The summed E-state index contributed by atoms with van der Waals surface area (Å²) in [6.45, 7) is 4.68. The third-order valence-corrected chi connectivity index (χ3v) is 5.90. The van der Waals surface area contributed by atoms with Gasteiger partial charge in [-0.2, -0.15) is 0 Å². The number of ketones is 1.